The molecule has 2 aliphatic heterocycles. The highest BCUT2D eigenvalue weighted by Gasteiger charge is 2.30. The third-order valence-corrected chi connectivity index (χ3v) is 4.10. The van der Waals surface area contributed by atoms with Gasteiger partial charge in [0.15, 0.2) is 0 Å². The molecule has 3 rings (SSSR count). The molecular weight excluding hydrogens is 254 g/mol. The van der Waals surface area contributed by atoms with E-state index in [4.69, 9.17) is 0 Å². The molecule has 0 bridgehead atoms. The van der Waals surface area contributed by atoms with Gasteiger partial charge < -0.3 is 10.2 Å². The van der Waals surface area contributed by atoms with Gasteiger partial charge in [-0.05, 0) is 25.3 Å². The van der Waals surface area contributed by atoms with E-state index in [-0.39, 0.29) is 11.9 Å². The van der Waals surface area contributed by atoms with Gasteiger partial charge in [-0.2, -0.15) is 0 Å². The fraction of sp³-hybridized carbons (Fsp3) is 0.643. The molecule has 1 atom stereocenters. The number of hydrogen-bond acceptors (Lipinski definition) is 5. The molecule has 20 heavy (non-hydrogen) atoms. The summed E-state index contributed by atoms with van der Waals surface area (Å²) in [6, 6.07) is 1.88. The van der Waals surface area contributed by atoms with Crippen molar-refractivity contribution in [1.29, 1.82) is 0 Å². The van der Waals surface area contributed by atoms with Crippen molar-refractivity contribution in [3.63, 3.8) is 0 Å². The van der Waals surface area contributed by atoms with Crippen molar-refractivity contribution in [2.45, 2.75) is 25.3 Å². The van der Waals surface area contributed by atoms with Crippen LogP contribution in [-0.4, -0.2) is 59.5 Å². The SMILES string of the molecule is O=C1NCCCC[C@H]1N1CCN(c2ncccn2)CC1. The van der Waals surface area contributed by atoms with Crippen LogP contribution in [0.2, 0.25) is 0 Å². The number of rotatable bonds is 2. The first-order chi connectivity index (χ1) is 9.84. The second-order valence-electron chi connectivity index (χ2n) is 5.37. The summed E-state index contributed by atoms with van der Waals surface area (Å²) < 4.78 is 0. The summed E-state index contributed by atoms with van der Waals surface area (Å²) in [4.78, 5) is 25.1. The number of carbonyl (C=O) groups excluding carboxylic acids is 1. The van der Waals surface area contributed by atoms with Crippen LogP contribution in [0.4, 0.5) is 5.95 Å². The molecule has 0 aliphatic carbocycles. The van der Waals surface area contributed by atoms with Gasteiger partial charge in [-0.1, -0.05) is 0 Å². The van der Waals surface area contributed by atoms with E-state index >= 15 is 0 Å². The minimum atomic E-state index is 0.0522. The Morgan fingerprint density at radius 2 is 1.85 bits per heavy atom. The van der Waals surface area contributed by atoms with Crippen LogP contribution in [0.15, 0.2) is 18.5 Å². The van der Waals surface area contributed by atoms with Crippen LogP contribution < -0.4 is 10.2 Å². The van der Waals surface area contributed by atoms with E-state index in [2.05, 4.69) is 25.1 Å². The van der Waals surface area contributed by atoms with E-state index in [1.165, 1.54) is 0 Å². The largest absolute Gasteiger partial charge is 0.355 e. The molecular formula is C14H21N5O. The number of nitrogens with zero attached hydrogens (tertiary/aromatic N) is 4. The highest BCUT2D eigenvalue weighted by molar-refractivity contribution is 5.82. The molecule has 2 saturated heterocycles. The van der Waals surface area contributed by atoms with Crippen molar-refractivity contribution in [2.75, 3.05) is 37.6 Å². The highest BCUT2D eigenvalue weighted by Crippen LogP contribution is 2.16. The van der Waals surface area contributed by atoms with Crippen molar-refractivity contribution in [1.82, 2.24) is 20.2 Å². The van der Waals surface area contributed by atoms with Gasteiger partial charge in [-0.25, -0.2) is 9.97 Å². The van der Waals surface area contributed by atoms with Gasteiger partial charge in [0.1, 0.15) is 0 Å². The maximum Gasteiger partial charge on any atom is 0.237 e. The standard InChI is InChI=1S/C14H21N5O/c20-13-12(4-1-2-5-15-13)18-8-10-19(11-9-18)14-16-6-3-7-17-14/h3,6-7,12H,1-2,4-5,8-11H2,(H,15,20)/t12-/m1/s1. The first-order valence-corrected chi connectivity index (χ1v) is 7.38. The molecule has 2 fully saturated rings. The molecule has 6 heteroatoms. The zero-order valence-electron chi connectivity index (χ0n) is 11.7. The Hall–Kier alpha value is -1.69. The van der Waals surface area contributed by atoms with Crippen molar-refractivity contribution in [3.05, 3.63) is 18.5 Å². The number of piperazine rings is 1. The van der Waals surface area contributed by atoms with Gasteiger partial charge in [-0.15, -0.1) is 0 Å². The predicted molar refractivity (Wildman–Crippen MR) is 76.5 cm³/mol. The average Bonchev–Trinajstić information content (AvgIpc) is 2.73. The Labute approximate surface area is 119 Å². The Balaban J connectivity index is 1.59. The van der Waals surface area contributed by atoms with Crippen LogP contribution in [0.5, 0.6) is 0 Å². The van der Waals surface area contributed by atoms with Gasteiger partial charge in [0, 0.05) is 45.1 Å². The molecule has 2 aliphatic rings. The van der Waals surface area contributed by atoms with Gasteiger partial charge >= 0.3 is 0 Å². The Kier molecular flexibility index (Phi) is 4.11. The van der Waals surface area contributed by atoms with Gasteiger partial charge in [0.25, 0.3) is 0 Å². The molecule has 3 heterocycles. The summed E-state index contributed by atoms with van der Waals surface area (Å²) in [5.41, 5.74) is 0. The van der Waals surface area contributed by atoms with E-state index in [1.54, 1.807) is 12.4 Å². The van der Waals surface area contributed by atoms with Crippen molar-refractivity contribution >= 4 is 11.9 Å². The number of carbonyl (C=O) groups is 1. The minimum absolute atomic E-state index is 0.0522. The van der Waals surface area contributed by atoms with Crippen molar-refractivity contribution in [2.24, 2.45) is 0 Å². The van der Waals surface area contributed by atoms with Crippen molar-refractivity contribution in [3.8, 4) is 0 Å². The summed E-state index contributed by atoms with van der Waals surface area (Å²) in [6.45, 7) is 4.39. The van der Waals surface area contributed by atoms with E-state index in [1.807, 2.05) is 6.07 Å². The molecule has 0 saturated carbocycles. The van der Waals surface area contributed by atoms with Crippen molar-refractivity contribution < 1.29 is 4.79 Å². The molecule has 0 radical (unpaired) electrons. The van der Waals surface area contributed by atoms with Gasteiger partial charge in [-0.3, -0.25) is 9.69 Å². The van der Waals surface area contributed by atoms with E-state index in [0.29, 0.717) is 0 Å². The summed E-state index contributed by atoms with van der Waals surface area (Å²) in [5.74, 6) is 0.990. The summed E-state index contributed by atoms with van der Waals surface area (Å²) in [6.07, 6.45) is 6.75. The number of anilines is 1. The Bertz CT molecular complexity index is 444. The van der Waals surface area contributed by atoms with E-state index in [9.17, 15) is 4.79 Å². The zero-order valence-corrected chi connectivity index (χ0v) is 11.7. The number of hydrogen-bond donors (Lipinski definition) is 1. The maximum absolute atomic E-state index is 12.1. The Morgan fingerprint density at radius 1 is 1.10 bits per heavy atom. The Morgan fingerprint density at radius 3 is 2.60 bits per heavy atom. The first-order valence-electron chi connectivity index (χ1n) is 7.38. The molecule has 0 spiro atoms. The summed E-state index contributed by atoms with van der Waals surface area (Å²) in [7, 11) is 0. The molecule has 0 aromatic carbocycles. The van der Waals surface area contributed by atoms with E-state index < -0.39 is 0 Å². The van der Waals surface area contributed by atoms with Crippen LogP contribution in [0, 0.1) is 0 Å². The molecule has 1 aromatic rings. The lowest BCUT2D eigenvalue weighted by Crippen LogP contribution is -2.54. The molecule has 1 N–H and O–H groups in total. The van der Waals surface area contributed by atoms with Crippen LogP contribution in [0.1, 0.15) is 19.3 Å². The number of amides is 1. The fourth-order valence-corrected chi connectivity index (χ4v) is 2.96. The zero-order chi connectivity index (χ0) is 13.8. The monoisotopic (exact) mass is 275 g/mol. The van der Waals surface area contributed by atoms with Crippen LogP contribution >= 0.6 is 0 Å². The lowest BCUT2D eigenvalue weighted by atomic mass is 10.1. The summed E-state index contributed by atoms with van der Waals surface area (Å²) in [5, 5.41) is 3.02. The van der Waals surface area contributed by atoms with Gasteiger partial charge in [0.05, 0.1) is 6.04 Å². The smallest absolute Gasteiger partial charge is 0.237 e. The van der Waals surface area contributed by atoms with Crippen LogP contribution in [0.25, 0.3) is 0 Å². The topological polar surface area (TPSA) is 61.4 Å². The second-order valence-corrected chi connectivity index (χ2v) is 5.37. The summed E-state index contributed by atoms with van der Waals surface area (Å²) >= 11 is 0. The minimum Gasteiger partial charge on any atom is -0.355 e. The third-order valence-electron chi connectivity index (χ3n) is 4.10. The lowest BCUT2D eigenvalue weighted by molar-refractivity contribution is -0.126. The van der Waals surface area contributed by atoms with Gasteiger partial charge in [0.2, 0.25) is 11.9 Å². The number of aromatic nitrogens is 2. The molecule has 1 aromatic heterocycles. The first kappa shape index (κ1) is 13.3. The second kappa shape index (κ2) is 6.17. The normalized spacial score (nSPS) is 25.1. The predicted octanol–water partition coefficient (Wildman–Crippen LogP) is 0.267. The fourth-order valence-electron chi connectivity index (χ4n) is 2.96. The highest BCUT2D eigenvalue weighted by atomic mass is 16.2. The van der Waals surface area contributed by atoms with E-state index in [0.717, 1.165) is 57.9 Å². The molecule has 1 amide bonds. The quantitative estimate of drug-likeness (QED) is 0.839. The third kappa shape index (κ3) is 2.90. The molecule has 108 valence electrons. The van der Waals surface area contributed by atoms with Crippen LogP contribution in [0.3, 0.4) is 0 Å². The molecule has 0 unspecified atom stereocenters. The maximum atomic E-state index is 12.1. The number of nitrogens with one attached hydrogen (secondary N) is 1. The average molecular weight is 275 g/mol. The molecule has 6 nitrogen and oxygen atoms in total. The van der Waals surface area contributed by atoms with Crippen LogP contribution in [-0.2, 0) is 4.79 Å². The lowest BCUT2D eigenvalue weighted by Gasteiger charge is -2.38.